The maximum Gasteiger partial charge on any atom is 0.203 e. The first-order valence-corrected chi connectivity index (χ1v) is 9.33. The highest BCUT2D eigenvalue weighted by atomic mass is 16.3. The summed E-state index contributed by atoms with van der Waals surface area (Å²) >= 11 is 0. The molecule has 1 aliphatic carbocycles. The highest BCUT2D eigenvalue weighted by molar-refractivity contribution is 6.10. The first-order valence-electron chi connectivity index (χ1n) is 9.33. The van der Waals surface area contributed by atoms with E-state index in [0.29, 0.717) is 0 Å². The summed E-state index contributed by atoms with van der Waals surface area (Å²) in [7, 11) is 0. The Labute approximate surface area is 153 Å². The number of hydrogen-bond acceptors (Lipinski definition) is 3. The Balaban J connectivity index is 2.07. The molecule has 0 amide bonds. The van der Waals surface area contributed by atoms with Gasteiger partial charge in [-0.25, -0.2) is 9.56 Å². The molecule has 2 aliphatic rings. The van der Waals surface area contributed by atoms with Crippen LogP contribution in [0.5, 0.6) is 0 Å². The molecular formula is C22H24N3O+. The normalized spacial score (nSPS) is 11.3. The zero-order valence-electron chi connectivity index (χ0n) is 15.5. The van der Waals surface area contributed by atoms with E-state index in [0.717, 1.165) is 53.3 Å². The van der Waals surface area contributed by atoms with Gasteiger partial charge in [0, 0.05) is 35.1 Å². The third-order valence-corrected chi connectivity index (χ3v) is 4.87. The minimum Gasteiger partial charge on any atom is -0.452 e. The molecule has 4 rings (SSSR count). The van der Waals surface area contributed by atoms with Crippen molar-refractivity contribution in [1.29, 1.82) is 0 Å². The first kappa shape index (κ1) is 16.6. The number of anilines is 1. The van der Waals surface area contributed by atoms with Crippen molar-refractivity contribution < 1.29 is 4.42 Å². The third-order valence-electron chi connectivity index (χ3n) is 4.87. The van der Waals surface area contributed by atoms with Crippen LogP contribution in [0.25, 0.3) is 33.3 Å². The molecule has 26 heavy (non-hydrogen) atoms. The van der Waals surface area contributed by atoms with E-state index >= 15 is 0 Å². The van der Waals surface area contributed by atoms with E-state index in [1.807, 2.05) is 6.07 Å². The van der Waals surface area contributed by atoms with Crippen LogP contribution in [-0.2, 0) is 0 Å². The summed E-state index contributed by atoms with van der Waals surface area (Å²) in [6.45, 7) is 9.24. The molecule has 4 nitrogen and oxygen atoms in total. The fourth-order valence-electron chi connectivity index (χ4n) is 3.57. The molecule has 0 saturated carbocycles. The number of benzene rings is 3. The molecule has 0 saturated heterocycles. The van der Waals surface area contributed by atoms with Crippen molar-refractivity contribution in [2.24, 2.45) is 0 Å². The van der Waals surface area contributed by atoms with Gasteiger partial charge in [0.2, 0.25) is 5.36 Å². The van der Waals surface area contributed by atoms with E-state index < -0.39 is 0 Å². The van der Waals surface area contributed by atoms with Crippen molar-refractivity contribution in [2.75, 3.05) is 25.0 Å². The predicted molar refractivity (Wildman–Crippen MR) is 109 cm³/mol. The van der Waals surface area contributed by atoms with Gasteiger partial charge in [0.25, 0.3) is 0 Å². The lowest BCUT2D eigenvalue weighted by atomic mass is 10.1. The van der Waals surface area contributed by atoms with E-state index in [1.54, 1.807) is 0 Å². The van der Waals surface area contributed by atoms with Crippen LogP contribution in [0.1, 0.15) is 20.8 Å². The van der Waals surface area contributed by atoms with Crippen LogP contribution in [-0.4, -0.2) is 24.6 Å². The van der Waals surface area contributed by atoms with Crippen molar-refractivity contribution in [3.63, 3.8) is 0 Å². The second-order valence-electron chi connectivity index (χ2n) is 6.38. The summed E-state index contributed by atoms with van der Waals surface area (Å²) in [5.74, 6) is 0.819. The Morgan fingerprint density at radius 3 is 2.46 bits per heavy atom. The number of aromatic nitrogens is 1. The minimum atomic E-state index is 0.809. The van der Waals surface area contributed by atoms with Crippen LogP contribution in [0.15, 0.2) is 52.9 Å². The number of nitrogens with zero attached hydrogens (tertiary/aromatic N) is 2. The van der Waals surface area contributed by atoms with E-state index in [-0.39, 0.29) is 0 Å². The quantitative estimate of drug-likeness (QED) is 0.340. The summed E-state index contributed by atoms with van der Waals surface area (Å²) in [4.78, 5) is 4.92. The standard InChI is InChI=1S/C22H23N3O/c1-4-23-19-14-21-22(17-10-8-7-9-16(17)19)24-18-12-11-15(13-20(18)26-21)25(5-2)6-3/h7-14H,4-6H2,1-3H3/p+1. The molecule has 0 fully saturated rings. The SMILES string of the molecule is CCNc1cc2oc3cc(=[N+](CC)CC)ccc-3nc2c2ccccc12. The lowest BCUT2D eigenvalue weighted by Crippen LogP contribution is -2.29. The van der Waals surface area contributed by atoms with Crippen LogP contribution < -0.4 is 15.2 Å². The van der Waals surface area contributed by atoms with Crippen molar-refractivity contribution in [1.82, 2.24) is 9.56 Å². The Bertz CT molecular complexity index is 1120. The van der Waals surface area contributed by atoms with E-state index in [9.17, 15) is 0 Å². The fraction of sp³-hybridized carbons (Fsp3) is 0.273. The Morgan fingerprint density at radius 1 is 0.962 bits per heavy atom. The predicted octanol–water partition coefficient (Wildman–Crippen LogP) is 4.33. The molecule has 2 aromatic carbocycles. The van der Waals surface area contributed by atoms with Gasteiger partial charge in [0.1, 0.15) is 24.3 Å². The van der Waals surface area contributed by atoms with Crippen molar-refractivity contribution in [3.05, 3.63) is 53.9 Å². The number of hydrogen-bond donors (Lipinski definition) is 1. The zero-order chi connectivity index (χ0) is 18.1. The average Bonchev–Trinajstić information content (AvgIpc) is 2.68. The number of nitrogens with one attached hydrogen (secondary N) is 1. The van der Waals surface area contributed by atoms with Crippen LogP contribution in [0.2, 0.25) is 0 Å². The summed E-state index contributed by atoms with van der Waals surface area (Å²) in [6, 6.07) is 16.7. The molecule has 0 bridgehead atoms. The maximum absolute atomic E-state index is 6.29. The highest BCUT2D eigenvalue weighted by Crippen LogP contribution is 2.33. The molecule has 132 valence electrons. The highest BCUT2D eigenvalue weighted by Gasteiger charge is 2.15. The average molecular weight is 346 g/mol. The van der Waals surface area contributed by atoms with E-state index in [1.165, 1.54) is 10.7 Å². The van der Waals surface area contributed by atoms with Gasteiger partial charge in [-0.15, -0.1) is 0 Å². The number of rotatable bonds is 4. The summed E-state index contributed by atoms with van der Waals surface area (Å²) in [5, 5.41) is 6.89. The molecule has 0 unspecified atom stereocenters. The van der Waals surface area contributed by atoms with E-state index in [4.69, 9.17) is 9.40 Å². The number of fused-ring (bicyclic) bond motifs is 4. The molecule has 4 heteroatoms. The van der Waals surface area contributed by atoms with Gasteiger partial charge in [-0.05, 0) is 26.8 Å². The van der Waals surface area contributed by atoms with Crippen molar-refractivity contribution >= 4 is 27.6 Å². The molecule has 0 atom stereocenters. The van der Waals surface area contributed by atoms with Crippen LogP contribution in [0.4, 0.5) is 5.69 Å². The minimum absolute atomic E-state index is 0.809. The maximum atomic E-state index is 6.29. The molecule has 1 heterocycles. The topological polar surface area (TPSA) is 41.1 Å². The van der Waals surface area contributed by atoms with Crippen LogP contribution in [0, 0.1) is 0 Å². The van der Waals surface area contributed by atoms with Gasteiger partial charge in [-0.3, -0.25) is 0 Å². The lowest BCUT2D eigenvalue weighted by molar-refractivity contribution is 0.600. The molecule has 1 N–H and O–H groups in total. The van der Waals surface area contributed by atoms with E-state index in [2.05, 4.69) is 73.1 Å². The first-order chi connectivity index (χ1) is 12.7. The summed E-state index contributed by atoms with van der Waals surface area (Å²) < 4.78 is 8.60. The molecule has 0 aromatic heterocycles. The molecule has 2 aromatic rings. The zero-order valence-corrected chi connectivity index (χ0v) is 15.5. The molecular weight excluding hydrogens is 322 g/mol. The Kier molecular flexibility index (Phi) is 4.33. The van der Waals surface area contributed by atoms with Gasteiger partial charge < -0.3 is 9.73 Å². The molecule has 1 aliphatic heterocycles. The third kappa shape index (κ3) is 2.71. The summed E-state index contributed by atoms with van der Waals surface area (Å²) in [5.41, 5.74) is 3.68. The monoisotopic (exact) mass is 346 g/mol. The van der Waals surface area contributed by atoms with Gasteiger partial charge in [0.05, 0.1) is 6.07 Å². The van der Waals surface area contributed by atoms with Gasteiger partial charge >= 0.3 is 0 Å². The van der Waals surface area contributed by atoms with Crippen LogP contribution in [0.3, 0.4) is 0 Å². The molecule has 0 spiro atoms. The molecule has 0 radical (unpaired) electrons. The Morgan fingerprint density at radius 2 is 1.73 bits per heavy atom. The second-order valence-corrected chi connectivity index (χ2v) is 6.38. The van der Waals surface area contributed by atoms with Gasteiger partial charge in [-0.2, -0.15) is 0 Å². The van der Waals surface area contributed by atoms with Gasteiger partial charge in [0.15, 0.2) is 11.3 Å². The Hall–Kier alpha value is -2.88. The van der Waals surface area contributed by atoms with Crippen molar-refractivity contribution in [3.8, 4) is 11.5 Å². The summed E-state index contributed by atoms with van der Waals surface area (Å²) in [6.07, 6.45) is 0. The van der Waals surface area contributed by atoms with Gasteiger partial charge in [-0.1, -0.05) is 24.3 Å². The van der Waals surface area contributed by atoms with Crippen molar-refractivity contribution in [2.45, 2.75) is 20.8 Å². The smallest absolute Gasteiger partial charge is 0.203 e. The lowest BCUT2D eigenvalue weighted by Gasteiger charge is -2.12. The van der Waals surface area contributed by atoms with Crippen LogP contribution >= 0.6 is 0 Å². The fourth-order valence-corrected chi connectivity index (χ4v) is 3.57. The largest absolute Gasteiger partial charge is 0.452 e. The second kappa shape index (κ2) is 6.79.